The van der Waals surface area contributed by atoms with Crippen molar-refractivity contribution in [2.24, 2.45) is 0 Å². The Balaban J connectivity index is 0. The molecule has 2 rings (SSSR count). The number of aryl methyl sites for hydroxylation is 2. The van der Waals surface area contributed by atoms with Gasteiger partial charge in [0.25, 0.3) is 0 Å². The molecular formula is C22H32O4. The topological polar surface area (TPSA) is 52.6 Å². The Morgan fingerprint density at radius 2 is 0.923 bits per heavy atom. The third-order valence-electron chi connectivity index (χ3n) is 2.58. The maximum absolute atomic E-state index is 9.82. The Kier molecular flexibility index (Phi) is 18.4. The van der Waals surface area contributed by atoms with E-state index in [4.69, 9.17) is 0 Å². The lowest BCUT2D eigenvalue weighted by Gasteiger charge is -1.89. The minimum absolute atomic E-state index is 0.211. The van der Waals surface area contributed by atoms with Crippen molar-refractivity contribution >= 4 is 11.9 Å². The van der Waals surface area contributed by atoms with Crippen molar-refractivity contribution < 1.29 is 19.1 Å². The summed E-state index contributed by atoms with van der Waals surface area (Å²) in [5.74, 6) is -0.421. The fraction of sp³-hybridized carbons (Fsp3) is 0.364. The van der Waals surface area contributed by atoms with Gasteiger partial charge < -0.3 is 9.47 Å². The van der Waals surface area contributed by atoms with Crippen LogP contribution in [0.1, 0.15) is 38.8 Å². The predicted octanol–water partition coefficient (Wildman–Crippen LogP) is 5.13. The predicted molar refractivity (Wildman–Crippen MR) is 107 cm³/mol. The van der Waals surface area contributed by atoms with E-state index in [0.29, 0.717) is 13.2 Å². The largest absolute Gasteiger partial charge is 0.466 e. The Morgan fingerprint density at radius 1 is 0.654 bits per heavy atom. The van der Waals surface area contributed by atoms with Crippen molar-refractivity contribution in [2.45, 2.75) is 41.5 Å². The van der Waals surface area contributed by atoms with Crippen molar-refractivity contribution in [3.63, 3.8) is 0 Å². The lowest BCUT2D eigenvalue weighted by Crippen LogP contribution is -1.95. The minimum Gasteiger partial charge on any atom is -0.466 e. The summed E-state index contributed by atoms with van der Waals surface area (Å²) in [6, 6.07) is 20.5. The lowest BCUT2D eigenvalue weighted by molar-refractivity contribution is -0.141. The Morgan fingerprint density at radius 3 is 1.00 bits per heavy atom. The second-order valence-electron chi connectivity index (χ2n) is 5.16. The summed E-state index contributed by atoms with van der Waals surface area (Å²) in [4.78, 5) is 19.6. The first-order chi connectivity index (χ1) is 12.3. The summed E-state index contributed by atoms with van der Waals surface area (Å²) in [5, 5.41) is 0. The molecule has 0 saturated heterocycles. The van der Waals surface area contributed by atoms with Crippen LogP contribution < -0.4 is 0 Å². The van der Waals surface area contributed by atoms with Crippen LogP contribution in [0.4, 0.5) is 0 Å². The van der Waals surface area contributed by atoms with Gasteiger partial charge in [-0.15, -0.1) is 0 Å². The van der Waals surface area contributed by atoms with Crippen LogP contribution in [-0.2, 0) is 19.1 Å². The molecule has 0 aliphatic carbocycles. The molecular weight excluding hydrogens is 328 g/mol. The van der Waals surface area contributed by atoms with E-state index in [1.165, 1.54) is 25.0 Å². The first-order valence-electron chi connectivity index (χ1n) is 8.63. The molecule has 0 aliphatic rings. The highest BCUT2D eigenvalue weighted by molar-refractivity contribution is 5.66. The highest BCUT2D eigenvalue weighted by Gasteiger charge is 1.82. The number of hydrogen-bond acceptors (Lipinski definition) is 4. The highest BCUT2D eigenvalue weighted by Crippen LogP contribution is 1.92. The molecule has 0 amide bonds. The van der Waals surface area contributed by atoms with Crippen molar-refractivity contribution in [1.82, 2.24) is 0 Å². The highest BCUT2D eigenvalue weighted by atomic mass is 16.5. The summed E-state index contributed by atoms with van der Waals surface area (Å²) < 4.78 is 8.81. The molecule has 0 unspecified atom stereocenters. The first kappa shape index (κ1) is 25.6. The second kappa shape index (κ2) is 18.7. The minimum atomic E-state index is -0.211. The quantitative estimate of drug-likeness (QED) is 0.697. The first-order valence-corrected chi connectivity index (χ1v) is 8.63. The summed E-state index contributed by atoms with van der Waals surface area (Å²) in [6.07, 6.45) is 0. The molecule has 0 aliphatic heterocycles. The molecule has 0 spiro atoms. The molecule has 4 nitrogen and oxygen atoms in total. The Labute approximate surface area is 158 Å². The maximum Gasteiger partial charge on any atom is 0.302 e. The monoisotopic (exact) mass is 360 g/mol. The van der Waals surface area contributed by atoms with Crippen LogP contribution in [0.15, 0.2) is 60.7 Å². The third-order valence-corrected chi connectivity index (χ3v) is 2.58. The Hall–Kier alpha value is -2.62. The van der Waals surface area contributed by atoms with Crippen molar-refractivity contribution in [3.05, 3.63) is 71.8 Å². The van der Waals surface area contributed by atoms with Gasteiger partial charge in [-0.3, -0.25) is 9.59 Å². The van der Waals surface area contributed by atoms with Gasteiger partial charge in [0.15, 0.2) is 0 Å². The average Bonchev–Trinajstić information content (AvgIpc) is 2.58. The fourth-order valence-corrected chi connectivity index (χ4v) is 1.48. The van der Waals surface area contributed by atoms with Crippen LogP contribution in [0, 0.1) is 13.8 Å². The van der Waals surface area contributed by atoms with E-state index in [1.54, 1.807) is 13.8 Å². The van der Waals surface area contributed by atoms with Gasteiger partial charge in [-0.1, -0.05) is 71.8 Å². The van der Waals surface area contributed by atoms with E-state index >= 15 is 0 Å². The van der Waals surface area contributed by atoms with Crippen LogP contribution in [0.5, 0.6) is 0 Å². The summed E-state index contributed by atoms with van der Waals surface area (Å²) in [5.41, 5.74) is 2.64. The van der Waals surface area contributed by atoms with Gasteiger partial charge in [0.1, 0.15) is 0 Å². The van der Waals surface area contributed by atoms with Crippen LogP contribution in [0.2, 0.25) is 0 Å². The molecule has 0 bridgehead atoms. The molecule has 2 aromatic carbocycles. The van der Waals surface area contributed by atoms with Gasteiger partial charge in [0, 0.05) is 13.8 Å². The zero-order valence-corrected chi connectivity index (χ0v) is 16.8. The summed E-state index contributed by atoms with van der Waals surface area (Å²) in [6.45, 7) is 11.5. The number of hydrogen-bond donors (Lipinski definition) is 0. The van der Waals surface area contributed by atoms with E-state index in [-0.39, 0.29) is 11.9 Å². The SMILES string of the molecule is CCOC(C)=O.CCOC(C)=O.Cc1ccccc1.Cc1ccccc1. The van der Waals surface area contributed by atoms with Gasteiger partial charge in [-0.2, -0.15) is 0 Å². The molecule has 0 radical (unpaired) electrons. The number of benzene rings is 2. The maximum atomic E-state index is 9.82. The number of esters is 2. The van der Waals surface area contributed by atoms with Crippen LogP contribution in [-0.4, -0.2) is 25.2 Å². The average molecular weight is 360 g/mol. The molecule has 4 heteroatoms. The Bertz CT molecular complexity index is 512. The molecule has 0 N–H and O–H groups in total. The second-order valence-corrected chi connectivity index (χ2v) is 5.16. The number of carbonyl (C=O) groups is 2. The van der Waals surface area contributed by atoms with E-state index in [2.05, 4.69) is 47.6 Å². The smallest absolute Gasteiger partial charge is 0.302 e. The zero-order valence-electron chi connectivity index (χ0n) is 16.8. The van der Waals surface area contributed by atoms with E-state index in [0.717, 1.165) is 0 Å². The molecule has 0 saturated carbocycles. The van der Waals surface area contributed by atoms with Gasteiger partial charge in [0.2, 0.25) is 0 Å². The fourth-order valence-electron chi connectivity index (χ4n) is 1.48. The number of ether oxygens (including phenoxy) is 2. The van der Waals surface area contributed by atoms with Gasteiger partial charge in [0.05, 0.1) is 13.2 Å². The number of carbonyl (C=O) groups excluding carboxylic acids is 2. The molecule has 0 aromatic heterocycles. The van der Waals surface area contributed by atoms with Crippen molar-refractivity contribution in [2.75, 3.05) is 13.2 Å². The standard InChI is InChI=1S/2C7H8.2C4H8O2/c2*1-7-5-3-2-4-6-7;2*1-3-6-4(2)5/h2*2-6H,1H3;2*3H2,1-2H3. The van der Waals surface area contributed by atoms with Gasteiger partial charge in [-0.05, 0) is 27.7 Å². The van der Waals surface area contributed by atoms with Crippen molar-refractivity contribution in [1.29, 1.82) is 0 Å². The van der Waals surface area contributed by atoms with E-state index < -0.39 is 0 Å². The van der Waals surface area contributed by atoms with Gasteiger partial charge in [-0.25, -0.2) is 0 Å². The third kappa shape index (κ3) is 23.6. The summed E-state index contributed by atoms with van der Waals surface area (Å²) in [7, 11) is 0. The van der Waals surface area contributed by atoms with Crippen LogP contribution in [0.3, 0.4) is 0 Å². The van der Waals surface area contributed by atoms with E-state index in [1.807, 2.05) is 36.4 Å². The van der Waals surface area contributed by atoms with Gasteiger partial charge >= 0.3 is 11.9 Å². The molecule has 0 atom stereocenters. The molecule has 2 aromatic rings. The molecule has 144 valence electrons. The van der Waals surface area contributed by atoms with E-state index in [9.17, 15) is 9.59 Å². The number of rotatable bonds is 2. The lowest BCUT2D eigenvalue weighted by atomic mass is 10.2. The molecule has 0 fully saturated rings. The molecule has 26 heavy (non-hydrogen) atoms. The van der Waals surface area contributed by atoms with Crippen LogP contribution in [0.25, 0.3) is 0 Å². The normalized spacial score (nSPS) is 8.23. The zero-order chi connectivity index (χ0) is 20.2. The summed E-state index contributed by atoms with van der Waals surface area (Å²) >= 11 is 0. The molecule has 0 heterocycles. The van der Waals surface area contributed by atoms with Crippen LogP contribution >= 0.6 is 0 Å². The van der Waals surface area contributed by atoms with Crippen molar-refractivity contribution in [3.8, 4) is 0 Å².